The van der Waals surface area contributed by atoms with Crippen LogP contribution in [0.4, 0.5) is 0 Å². The maximum absolute atomic E-state index is 6.20. The van der Waals surface area contributed by atoms with Gasteiger partial charge < -0.3 is 5.73 Å². The third-order valence-corrected chi connectivity index (χ3v) is 3.99. The van der Waals surface area contributed by atoms with Crippen LogP contribution in [-0.4, -0.2) is 24.5 Å². The predicted molar refractivity (Wildman–Crippen MR) is 90.6 cm³/mol. The van der Waals surface area contributed by atoms with Gasteiger partial charge in [-0.3, -0.25) is 4.90 Å². The molecule has 2 atom stereocenters. The van der Waals surface area contributed by atoms with Gasteiger partial charge in [-0.1, -0.05) is 54.1 Å². The molecule has 3 heteroatoms. The van der Waals surface area contributed by atoms with Crippen molar-refractivity contribution < 1.29 is 0 Å². The molecule has 0 saturated heterocycles. The molecule has 2 aromatic rings. The summed E-state index contributed by atoms with van der Waals surface area (Å²) in [6.45, 7) is 3.01. The molecular weight excluding hydrogens is 280 g/mol. The molecule has 0 aliphatic carbocycles. The Balaban J connectivity index is 2.07. The van der Waals surface area contributed by atoms with Crippen molar-refractivity contribution in [1.82, 2.24) is 4.90 Å². The van der Waals surface area contributed by atoms with Gasteiger partial charge >= 0.3 is 0 Å². The summed E-state index contributed by atoms with van der Waals surface area (Å²) in [6, 6.07) is 18.7. The Hall–Kier alpha value is -1.35. The van der Waals surface area contributed by atoms with E-state index < -0.39 is 0 Å². The van der Waals surface area contributed by atoms with E-state index in [0.717, 1.165) is 18.0 Å². The Morgan fingerprint density at radius 2 is 1.81 bits per heavy atom. The average Bonchev–Trinajstić information content (AvgIpc) is 2.46. The number of halogens is 1. The van der Waals surface area contributed by atoms with Gasteiger partial charge in [0.2, 0.25) is 0 Å². The minimum Gasteiger partial charge on any atom is -0.326 e. The SMILES string of the molecule is CC(N)C(c1cccc(Cl)c1)N(C)CCc1ccccc1. The Labute approximate surface area is 132 Å². The monoisotopic (exact) mass is 302 g/mol. The molecule has 21 heavy (non-hydrogen) atoms. The standard InChI is InChI=1S/C18H23ClN2/c1-14(20)18(16-9-6-10-17(19)13-16)21(2)12-11-15-7-4-3-5-8-15/h3-10,13-14,18H,11-12,20H2,1-2H3. The highest BCUT2D eigenvalue weighted by Gasteiger charge is 2.21. The van der Waals surface area contributed by atoms with Crippen molar-refractivity contribution >= 4 is 11.6 Å². The van der Waals surface area contributed by atoms with Crippen LogP contribution < -0.4 is 5.73 Å². The van der Waals surface area contributed by atoms with E-state index in [0.29, 0.717) is 0 Å². The fraction of sp³-hybridized carbons (Fsp3) is 0.333. The number of nitrogens with two attached hydrogens (primary N) is 1. The van der Waals surface area contributed by atoms with Crippen molar-refractivity contribution in [1.29, 1.82) is 0 Å². The first kappa shape index (κ1) is 16.0. The summed E-state index contributed by atoms with van der Waals surface area (Å²) in [5, 5.41) is 0.759. The second-order valence-corrected chi connectivity index (χ2v) is 6.01. The largest absolute Gasteiger partial charge is 0.326 e. The van der Waals surface area contributed by atoms with Crippen molar-refractivity contribution in [3.8, 4) is 0 Å². The van der Waals surface area contributed by atoms with Crippen molar-refractivity contribution in [2.75, 3.05) is 13.6 Å². The Morgan fingerprint density at radius 1 is 1.10 bits per heavy atom. The summed E-state index contributed by atoms with van der Waals surface area (Å²) in [5.74, 6) is 0. The summed E-state index contributed by atoms with van der Waals surface area (Å²) in [4.78, 5) is 2.31. The first-order chi connectivity index (χ1) is 10.1. The van der Waals surface area contributed by atoms with Crippen LogP contribution in [0, 0.1) is 0 Å². The van der Waals surface area contributed by atoms with Crippen molar-refractivity contribution in [2.45, 2.75) is 25.4 Å². The third kappa shape index (κ3) is 4.57. The van der Waals surface area contributed by atoms with E-state index in [2.05, 4.69) is 42.3 Å². The van der Waals surface area contributed by atoms with Crippen LogP contribution in [0.15, 0.2) is 54.6 Å². The van der Waals surface area contributed by atoms with E-state index in [-0.39, 0.29) is 12.1 Å². The highest BCUT2D eigenvalue weighted by Crippen LogP contribution is 2.25. The van der Waals surface area contributed by atoms with Gasteiger partial charge in [-0.05, 0) is 43.7 Å². The van der Waals surface area contributed by atoms with Gasteiger partial charge in [0.05, 0.1) is 0 Å². The van der Waals surface area contributed by atoms with E-state index in [1.165, 1.54) is 11.1 Å². The molecule has 0 saturated carbocycles. The van der Waals surface area contributed by atoms with Gasteiger partial charge in [-0.2, -0.15) is 0 Å². The summed E-state index contributed by atoms with van der Waals surface area (Å²) >= 11 is 6.11. The lowest BCUT2D eigenvalue weighted by molar-refractivity contribution is 0.221. The molecular formula is C18H23ClN2. The van der Waals surface area contributed by atoms with Crippen molar-refractivity contribution in [2.24, 2.45) is 5.73 Å². The van der Waals surface area contributed by atoms with Crippen LogP contribution in [0.1, 0.15) is 24.1 Å². The van der Waals surface area contributed by atoms with E-state index in [9.17, 15) is 0 Å². The number of likely N-dealkylation sites (N-methyl/N-ethyl adjacent to an activating group) is 1. The molecule has 0 spiro atoms. The Morgan fingerprint density at radius 3 is 2.43 bits per heavy atom. The highest BCUT2D eigenvalue weighted by molar-refractivity contribution is 6.30. The second kappa shape index (κ2) is 7.60. The quantitative estimate of drug-likeness (QED) is 0.877. The summed E-state index contributed by atoms with van der Waals surface area (Å²) in [6.07, 6.45) is 1.02. The molecule has 0 amide bonds. The van der Waals surface area contributed by atoms with Gasteiger partial charge in [-0.25, -0.2) is 0 Å². The molecule has 0 bridgehead atoms. The normalized spacial score (nSPS) is 14.1. The van der Waals surface area contributed by atoms with E-state index in [1.807, 2.05) is 31.2 Å². The molecule has 112 valence electrons. The van der Waals surface area contributed by atoms with Gasteiger partial charge in [0.15, 0.2) is 0 Å². The van der Waals surface area contributed by atoms with E-state index >= 15 is 0 Å². The van der Waals surface area contributed by atoms with Gasteiger partial charge in [0.25, 0.3) is 0 Å². The van der Waals surface area contributed by atoms with Crippen molar-refractivity contribution in [3.63, 3.8) is 0 Å². The molecule has 2 aromatic carbocycles. The second-order valence-electron chi connectivity index (χ2n) is 5.58. The number of nitrogens with zero attached hydrogens (tertiary/aromatic N) is 1. The number of hydrogen-bond acceptors (Lipinski definition) is 2. The smallest absolute Gasteiger partial charge is 0.0494 e. The molecule has 0 heterocycles. The molecule has 0 radical (unpaired) electrons. The minimum absolute atomic E-state index is 0.0456. The maximum atomic E-state index is 6.20. The van der Waals surface area contributed by atoms with E-state index in [4.69, 9.17) is 17.3 Å². The van der Waals surface area contributed by atoms with Crippen LogP contribution in [-0.2, 0) is 6.42 Å². The first-order valence-electron chi connectivity index (χ1n) is 7.33. The molecule has 2 unspecified atom stereocenters. The zero-order chi connectivity index (χ0) is 15.2. The molecule has 2 nitrogen and oxygen atoms in total. The zero-order valence-corrected chi connectivity index (χ0v) is 13.4. The molecule has 0 aliphatic heterocycles. The molecule has 2 N–H and O–H groups in total. The number of rotatable bonds is 6. The highest BCUT2D eigenvalue weighted by atomic mass is 35.5. The molecule has 2 rings (SSSR count). The zero-order valence-electron chi connectivity index (χ0n) is 12.7. The van der Waals surface area contributed by atoms with Gasteiger partial charge in [-0.15, -0.1) is 0 Å². The van der Waals surface area contributed by atoms with Crippen molar-refractivity contribution in [3.05, 3.63) is 70.7 Å². The van der Waals surface area contributed by atoms with Gasteiger partial charge in [0.1, 0.15) is 0 Å². The summed E-state index contributed by atoms with van der Waals surface area (Å²) in [7, 11) is 2.12. The predicted octanol–water partition coefficient (Wildman–Crippen LogP) is 3.90. The Bertz CT molecular complexity index is 554. The first-order valence-corrected chi connectivity index (χ1v) is 7.71. The lowest BCUT2D eigenvalue weighted by Crippen LogP contribution is -2.38. The average molecular weight is 303 g/mol. The third-order valence-electron chi connectivity index (χ3n) is 3.76. The molecule has 0 aliphatic rings. The minimum atomic E-state index is 0.0456. The van der Waals surface area contributed by atoms with Crippen LogP contribution in [0.3, 0.4) is 0 Å². The topological polar surface area (TPSA) is 29.3 Å². The lowest BCUT2D eigenvalue weighted by atomic mass is 9.99. The van der Waals surface area contributed by atoms with E-state index in [1.54, 1.807) is 0 Å². The Kier molecular flexibility index (Phi) is 5.80. The molecule has 0 aromatic heterocycles. The number of benzene rings is 2. The summed E-state index contributed by atoms with van der Waals surface area (Å²) in [5.41, 5.74) is 8.72. The fourth-order valence-corrected chi connectivity index (χ4v) is 2.94. The lowest BCUT2D eigenvalue weighted by Gasteiger charge is -2.31. The maximum Gasteiger partial charge on any atom is 0.0494 e. The summed E-state index contributed by atoms with van der Waals surface area (Å²) < 4.78 is 0. The van der Waals surface area contributed by atoms with Crippen LogP contribution in [0.2, 0.25) is 5.02 Å². The van der Waals surface area contributed by atoms with Crippen LogP contribution in [0.5, 0.6) is 0 Å². The molecule has 0 fully saturated rings. The number of hydrogen-bond donors (Lipinski definition) is 1. The van der Waals surface area contributed by atoms with Crippen LogP contribution >= 0.6 is 11.6 Å². The van der Waals surface area contributed by atoms with Gasteiger partial charge in [0, 0.05) is 23.7 Å². The fourth-order valence-electron chi connectivity index (χ4n) is 2.74. The van der Waals surface area contributed by atoms with Crippen LogP contribution in [0.25, 0.3) is 0 Å².